The van der Waals surface area contributed by atoms with Crippen molar-refractivity contribution in [2.75, 3.05) is 19.5 Å². The molecular formula is C19H19N5O4S. The molecule has 1 amide bonds. The number of aromatic nitrogens is 4. The van der Waals surface area contributed by atoms with Gasteiger partial charge in [-0.25, -0.2) is 0 Å². The van der Waals surface area contributed by atoms with Crippen molar-refractivity contribution in [1.29, 1.82) is 0 Å². The molecule has 3 aromatic heterocycles. The van der Waals surface area contributed by atoms with E-state index in [2.05, 4.69) is 15.5 Å². The molecule has 0 aliphatic carbocycles. The predicted molar refractivity (Wildman–Crippen MR) is 110 cm³/mol. The summed E-state index contributed by atoms with van der Waals surface area (Å²) in [7, 11) is 4.76. The third-order valence-corrected chi connectivity index (χ3v) is 5.55. The fourth-order valence-corrected chi connectivity index (χ4v) is 4.01. The molecule has 0 unspecified atom stereocenters. The van der Waals surface area contributed by atoms with Gasteiger partial charge < -0.3 is 14.8 Å². The van der Waals surface area contributed by atoms with Gasteiger partial charge in [-0.15, -0.1) is 21.5 Å². The monoisotopic (exact) mass is 413 g/mol. The van der Waals surface area contributed by atoms with E-state index in [1.165, 1.54) is 23.0 Å². The van der Waals surface area contributed by atoms with Gasteiger partial charge >= 0.3 is 0 Å². The van der Waals surface area contributed by atoms with Crippen LogP contribution in [-0.4, -0.2) is 39.3 Å². The zero-order valence-corrected chi connectivity index (χ0v) is 16.9. The summed E-state index contributed by atoms with van der Waals surface area (Å²) in [4.78, 5) is 24.9. The Balaban J connectivity index is 1.56. The van der Waals surface area contributed by atoms with Gasteiger partial charge in [0.15, 0.2) is 0 Å². The number of thiophene rings is 1. The highest BCUT2D eigenvalue weighted by Crippen LogP contribution is 2.29. The number of carbonyl (C=O) groups is 1. The lowest BCUT2D eigenvalue weighted by atomic mass is 10.2. The molecule has 0 atom stereocenters. The van der Waals surface area contributed by atoms with Crippen molar-refractivity contribution in [2.24, 2.45) is 7.05 Å². The Labute approximate surface area is 169 Å². The maximum absolute atomic E-state index is 12.5. The van der Waals surface area contributed by atoms with Crippen molar-refractivity contribution in [1.82, 2.24) is 19.2 Å². The number of rotatable bonds is 6. The molecule has 9 nitrogen and oxygen atoms in total. The molecule has 0 spiro atoms. The van der Waals surface area contributed by atoms with Gasteiger partial charge in [-0.3, -0.25) is 18.6 Å². The molecule has 4 aromatic rings. The Morgan fingerprint density at radius 1 is 1.21 bits per heavy atom. The molecule has 0 fully saturated rings. The van der Waals surface area contributed by atoms with Gasteiger partial charge in [0.2, 0.25) is 11.7 Å². The largest absolute Gasteiger partial charge is 0.497 e. The Bertz CT molecular complexity index is 1270. The first-order valence-electron chi connectivity index (χ1n) is 8.85. The van der Waals surface area contributed by atoms with E-state index in [0.29, 0.717) is 39.9 Å². The van der Waals surface area contributed by atoms with Crippen LogP contribution >= 0.6 is 11.3 Å². The molecule has 0 saturated carbocycles. The van der Waals surface area contributed by atoms with Crippen LogP contribution in [0.2, 0.25) is 0 Å². The normalized spacial score (nSPS) is 11.1. The molecule has 0 bridgehead atoms. The van der Waals surface area contributed by atoms with Gasteiger partial charge in [-0.05, 0) is 23.6 Å². The first-order valence-corrected chi connectivity index (χ1v) is 9.73. The molecule has 10 heteroatoms. The van der Waals surface area contributed by atoms with Crippen molar-refractivity contribution in [3.8, 4) is 11.5 Å². The number of methoxy groups -OCH3 is 2. The molecule has 0 aliphatic heterocycles. The quantitative estimate of drug-likeness (QED) is 0.520. The van der Waals surface area contributed by atoms with Crippen LogP contribution in [0.25, 0.3) is 16.0 Å². The molecule has 0 aliphatic rings. The molecule has 1 N–H and O–H groups in total. The lowest BCUT2D eigenvalue weighted by Gasteiger charge is -2.11. The minimum absolute atomic E-state index is 0.106. The average Bonchev–Trinajstić information content (AvgIpc) is 3.37. The van der Waals surface area contributed by atoms with E-state index in [9.17, 15) is 9.59 Å². The van der Waals surface area contributed by atoms with E-state index < -0.39 is 0 Å². The smallest absolute Gasteiger partial charge is 0.272 e. The second-order valence-corrected chi connectivity index (χ2v) is 7.28. The second kappa shape index (κ2) is 7.55. The zero-order valence-electron chi connectivity index (χ0n) is 16.1. The molecule has 0 saturated heterocycles. The molecule has 1 aromatic carbocycles. The van der Waals surface area contributed by atoms with Crippen molar-refractivity contribution in [2.45, 2.75) is 12.8 Å². The van der Waals surface area contributed by atoms with Gasteiger partial charge in [0.1, 0.15) is 22.0 Å². The number of aryl methyl sites for hydroxylation is 2. The standard InChI is InChI=1S/C19H19N5O4S/c1-23-18(26)17-13(8-9-29-17)24-15(21-22-19(23)24)6-7-16(25)20-12-5-4-11(27-2)10-14(12)28-3/h4-5,8-10H,6-7H2,1-3H3,(H,20,25). The highest BCUT2D eigenvalue weighted by Gasteiger charge is 2.17. The zero-order chi connectivity index (χ0) is 20.5. The van der Waals surface area contributed by atoms with E-state index in [0.717, 1.165) is 5.52 Å². The number of nitrogens with zero attached hydrogens (tertiary/aromatic N) is 4. The van der Waals surface area contributed by atoms with Gasteiger partial charge in [-0.2, -0.15) is 0 Å². The van der Waals surface area contributed by atoms with Crippen molar-refractivity contribution < 1.29 is 14.3 Å². The summed E-state index contributed by atoms with van der Waals surface area (Å²) in [6, 6.07) is 7.05. The molecule has 4 rings (SSSR count). The van der Waals surface area contributed by atoms with Crippen LogP contribution in [0.1, 0.15) is 12.2 Å². The number of nitrogens with one attached hydrogen (secondary N) is 1. The average molecular weight is 413 g/mol. The van der Waals surface area contributed by atoms with Crippen molar-refractivity contribution in [3.05, 3.63) is 45.8 Å². The summed E-state index contributed by atoms with van der Waals surface area (Å²) in [5.41, 5.74) is 1.21. The fourth-order valence-electron chi connectivity index (χ4n) is 3.15. The lowest BCUT2D eigenvalue weighted by molar-refractivity contribution is -0.116. The van der Waals surface area contributed by atoms with E-state index >= 15 is 0 Å². The number of benzene rings is 1. The number of carbonyl (C=O) groups excluding carboxylic acids is 1. The van der Waals surface area contributed by atoms with Crippen LogP contribution in [0.15, 0.2) is 34.4 Å². The molecule has 3 heterocycles. The van der Waals surface area contributed by atoms with E-state index in [1.54, 1.807) is 32.4 Å². The predicted octanol–water partition coefficient (Wildman–Crippen LogP) is 2.23. The topological polar surface area (TPSA) is 99.7 Å². The van der Waals surface area contributed by atoms with Gasteiger partial charge in [0.05, 0.1) is 25.4 Å². The van der Waals surface area contributed by atoms with Gasteiger partial charge in [-0.1, -0.05) is 0 Å². The van der Waals surface area contributed by atoms with Crippen LogP contribution in [0.5, 0.6) is 11.5 Å². The molecule has 150 valence electrons. The number of amides is 1. The number of hydrogen-bond acceptors (Lipinski definition) is 7. The lowest BCUT2D eigenvalue weighted by Crippen LogP contribution is -2.19. The SMILES string of the molecule is COc1ccc(NC(=O)CCc2nnc3n(C)c(=O)c4sccc4n23)c(OC)c1. The first kappa shape index (κ1) is 18.9. The van der Waals surface area contributed by atoms with Crippen molar-refractivity contribution >= 4 is 38.9 Å². The first-order chi connectivity index (χ1) is 14.0. The number of ether oxygens (including phenoxy) is 2. The minimum atomic E-state index is -0.184. The van der Waals surface area contributed by atoms with E-state index in [4.69, 9.17) is 9.47 Å². The van der Waals surface area contributed by atoms with Crippen LogP contribution in [-0.2, 0) is 18.3 Å². The van der Waals surface area contributed by atoms with Crippen LogP contribution in [0, 0.1) is 0 Å². The Morgan fingerprint density at radius 3 is 2.79 bits per heavy atom. The Hall–Kier alpha value is -3.40. The van der Waals surface area contributed by atoms with Gasteiger partial charge in [0, 0.05) is 26.0 Å². The number of anilines is 1. The van der Waals surface area contributed by atoms with E-state index in [-0.39, 0.29) is 17.9 Å². The summed E-state index contributed by atoms with van der Waals surface area (Å²) < 4.78 is 14.4. The summed E-state index contributed by atoms with van der Waals surface area (Å²) in [6.45, 7) is 0. The number of hydrogen-bond donors (Lipinski definition) is 1. The molecule has 29 heavy (non-hydrogen) atoms. The maximum atomic E-state index is 12.5. The summed E-state index contributed by atoms with van der Waals surface area (Å²) in [6.07, 6.45) is 0.569. The summed E-state index contributed by atoms with van der Waals surface area (Å²) >= 11 is 1.38. The second-order valence-electron chi connectivity index (χ2n) is 6.37. The Kier molecular flexibility index (Phi) is 4.93. The molecule has 0 radical (unpaired) electrons. The highest BCUT2D eigenvalue weighted by molar-refractivity contribution is 7.17. The third kappa shape index (κ3) is 3.31. The van der Waals surface area contributed by atoms with E-state index in [1.807, 2.05) is 15.8 Å². The van der Waals surface area contributed by atoms with Crippen LogP contribution < -0.4 is 20.3 Å². The third-order valence-electron chi connectivity index (χ3n) is 4.66. The van der Waals surface area contributed by atoms with Crippen LogP contribution in [0.3, 0.4) is 0 Å². The van der Waals surface area contributed by atoms with Crippen LogP contribution in [0.4, 0.5) is 5.69 Å². The summed E-state index contributed by atoms with van der Waals surface area (Å²) in [5, 5.41) is 13.0. The fraction of sp³-hybridized carbons (Fsp3) is 0.263. The van der Waals surface area contributed by atoms with Gasteiger partial charge in [0.25, 0.3) is 5.56 Å². The highest BCUT2D eigenvalue weighted by atomic mass is 32.1. The summed E-state index contributed by atoms with van der Waals surface area (Å²) in [5.74, 6) is 2.04. The number of fused-ring (bicyclic) bond motifs is 3. The van der Waals surface area contributed by atoms with Crippen molar-refractivity contribution in [3.63, 3.8) is 0 Å². The molecular weight excluding hydrogens is 394 g/mol. The maximum Gasteiger partial charge on any atom is 0.272 e. The Morgan fingerprint density at radius 2 is 2.03 bits per heavy atom. The minimum Gasteiger partial charge on any atom is -0.497 e.